The standard InChI is InChI=1S/C21H21FN2O5/c1-28-21(27)12-16(14-6-8-15(22)9-7-14)23-19(25)10-11-24-17-4-2-3-5-18(17)29-13-20(24)26/h2-9,16H,10-13H2,1H3,(H,23,25). The summed E-state index contributed by atoms with van der Waals surface area (Å²) in [6, 6.07) is 12.0. The molecule has 0 fully saturated rings. The summed E-state index contributed by atoms with van der Waals surface area (Å²) in [4.78, 5) is 37.9. The first-order valence-electron chi connectivity index (χ1n) is 9.11. The predicted octanol–water partition coefficient (Wildman–Crippen LogP) is 2.36. The number of benzene rings is 2. The Bertz CT molecular complexity index is 900. The molecule has 0 bridgehead atoms. The molecule has 7 nitrogen and oxygen atoms in total. The van der Waals surface area contributed by atoms with Crippen molar-refractivity contribution in [1.29, 1.82) is 0 Å². The monoisotopic (exact) mass is 400 g/mol. The molecule has 3 rings (SSSR count). The summed E-state index contributed by atoms with van der Waals surface area (Å²) in [5.41, 5.74) is 1.19. The molecular weight excluding hydrogens is 379 g/mol. The van der Waals surface area contributed by atoms with E-state index in [2.05, 4.69) is 10.1 Å². The van der Waals surface area contributed by atoms with E-state index in [1.165, 1.54) is 36.3 Å². The number of hydrogen-bond donors (Lipinski definition) is 1. The Labute approximate surface area is 167 Å². The Balaban J connectivity index is 1.66. The topological polar surface area (TPSA) is 84.9 Å². The number of rotatable bonds is 7. The van der Waals surface area contributed by atoms with Gasteiger partial charge in [-0.15, -0.1) is 0 Å². The van der Waals surface area contributed by atoms with Gasteiger partial charge in [0.25, 0.3) is 5.91 Å². The average Bonchev–Trinajstić information content (AvgIpc) is 2.73. The van der Waals surface area contributed by atoms with Gasteiger partial charge >= 0.3 is 5.97 Å². The minimum absolute atomic E-state index is 0.0267. The lowest BCUT2D eigenvalue weighted by Gasteiger charge is -2.29. The van der Waals surface area contributed by atoms with Gasteiger partial charge in [-0.2, -0.15) is 0 Å². The maximum Gasteiger partial charge on any atom is 0.307 e. The molecule has 1 aliphatic rings. The number of anilines is 1. The Morgan fingerprint density at radius 1 is 1.21 bits per heavy atom. The van der Waals surface area contributed by atoms with Gasteiger partial charge in [0.15, 0.2) is 6.61 Å². The number of carbonyl (C=O) groups is 3. The Hall–Kier alpha value is -3.42. The van der Waals surface area contributed by atoms with E-state index in [-0.39, 0.29) is 37.8 Å². The van der Waals surface area contributed by atoms with E-state index < -0.39 is 17.8 Å². The number of halogens is 1. The zero-order valence-corrected chi connectivity index (χ0v) is 15.9. The van der Waals surface area contributed by atoms with Crippen molar-refractivity contribution in [3.05, 3.63) is 59.9 Å². The Kier molecular flexibility index (Phi) is 6.43. The van der Waals surface area contributed by atoms with Crippen LogP contribution in [0.5, 0.6) is 5.75 Å². The van der Waals surface area contributed by atoms with Crippen LogP contribution in [0.2, 0.25) is 0 Å². The highest BCUT2D eigenvalue weighted by atomic mass is 19.1. The van der Waals surface area contributed by atoms with Crippen LogP contribution in [-0.4, -0.2) is 38.0 Å². The maximum atomic E-state index is 13.2. The quantitative estimate of drug-likeness (QED) is 0.722. The second-order valence-corrected chi connectivity index (χ2v) is 6.50. The lowest BCUT2D eigenvalue weighted by molar-refractivity contribution is -0.141. The summed E-state index contributed by atoms with van der Waals surface area (Å²) in [6.07, 6.45) is -0.0634. The van der Waals surface area contributed by atoms with Crippen molar-refractivity contribution in [2.24, 2.45) is 0 Å². The summed E-state index contributed by atoms with van der Waals surface area (Å²) >= 11 is 0. The second kappa shape index (κ2) is 9.18. The van der Waals surface area contributed by atoms with Gasteiger partial charge in [0.1, 0.15) is 11.6 Å². The molecule has 2 aromatic carbocycles. The van der Waals surface area contributed by atoms with E-state index in [0.29, 0.717) is 17.0 Å². The molecule has 2 aromatic rings. The van der Waals surface area contributed by atoms with Crippen LogP contribution in [0.15, 0.2) is 48.5 Å². The van der Waals surface area contributed by atoms with Crippen LogP contribution in [0.25, 0.3) is 0 Å². The van der Waals surface area contributed by atoms with Gasteiger partial charge in [0.05, 0.1) is 25.3 Å². The molecule has 0 saturated carbocycles. The van der Waals surface area contributed by atoms with E-state index in [4.69, 9.17) is 4.74 Å². The minimum atomic E-state index is -0.664. The molecule has 8 heteroatoms. The van der Waals surface area contributed by atoms with Gasteiger partial charge in [-0.05, 0) is 29.8 Å². The average molecular weight is 400 g/mol. The number of esters is 1. The SMILES string of the molecule is COC(=O)CC(NC(=O)CCN1C(=O)COc2ccccc21)c1ccc(F)cc1. The van der Waals surface area contributed by atoms with Gasteiger partial charge in [-0.3, -0.25) is 14.4 Å². The zero-order chi connectivity index (χ0) is 20.8. The van der Waals surface area contributed by atoms with E-state index in [0.717, 1.165) is 0 Å². The molecule has 0 saturated heterocycles. The van der Waals surface area contributed by atoms with E-state index >= 15 is 0 Å². The van der Waals surface area contributed by atoms with Crippen LogP contribution < -0.4 is 15.0 Å². The molecule has 0 spiro atoms. The molecule has 1 unspecified atom stereocenters. The summed E-state index contributed by atoms with van der Waals surface area (Å²) in [5.74, 6) is -0.915. The van der Waals surface area contributed by atoms with Crippen molar-refractivity contribution in [2.75, 3.05) is 25.2 Å². The van der Waals surface area contributed by atoms with E-state index in [1.54, 1.807) is 24.3 Å². The van der Waals surface area contributed by atoms with Gasteiger partial charge in [0.2, 0.25) is 5.91 Å². The zero-order valence-electron chi connectivity index (χ0n) is 15.9. The van der Waals surface area contributed by atoms with E-state index in [9.17, 15) is 18.8 Å². The molecule has 1 N–H and O–H groups in total. The smallest absolute Gasteiger partial charge is 0.307 e. The first kappa shape index (κ1) is 20.3. The van der Waals surface area contributed by atoms with Crippen molar-refractivity contribution in [3.8, 4) is 5.75 Å². The lowest BCUT2D eigenvalue weighted by Crippen LogP contribution is -2.41. The normalized spacial score (nSPS) is 13.9. The summed E-state index contributed by atoms with van der Waals surface area (Å²) < 4.78 is 23.3. The number of para-hydroxylation sites is 2. The minimum Gasteiger partial charge on any atom is -0.482 e. The third-order valence-corrected chi connectivity index (χ3v) is 4.58. The molecule has 152 valence electrons. The van der Waals surface area contributed by atoms with Gasteiger partial charge < -0.3 is 19.7 Å². The van der Waals surface area contributed by atoms with Gasteiger partial charge in [-0.25, -0.2) is 4.39 Å². The number of amides is 2. The van der Waals surface area contributed by atoms with Crippen LogP contribution in [0.1, 0.15) is 24.4 Å². The van der Waals surface area contributed by atoms with Crippen molar-refractivity contribution in [3.63, 3.8) is 0 Å². The number of carbonyl (C=O) groups excluding carboxylic acids is 3. The van der Waals surface area contributed by atoms with Crippen LogP contribution in [-0.2, 0) is 19.1 Å². The first-order valence-corrected chi connectivity index (χ1v) is 9.11. The summed E-state index contributed by atoms with van der Waals surface area (Å²) in [7, 11) is 1.26. The molecule has 1 heterocycles. The van der Waals surface area contributed by atoms with Crippen molar-refractivity contribution >= 4 is 23.5 Å². The molecule has 0 radical (unpaired) electrons. The molecule has 29 heavy (non-hydrogen) atoms. The highest BCUT2D eigenvalue weighted by molar-refractivity contribution is 5.98. The molecule has 2 amide bonds. The predicted molar refractivity (Wildman–Crippen MR) is 103 cm³/mol. The third-order valence-electron chi connectivity index (χ3n) is 4.58. The van der Waals surface area contributed by atoms with Crippen LogP contribution >= 0.6 is 0 Å². The molecular formula is C21H21FN2O5. The van der Waals surface area contributed by atoms with Crippen molar-refractivity contribution < 1.29 is 28.2 Å². The molecule has 1 aliphatic heterocycles. The highest BCUT2D eigenvalue weighted by Gasteiger charge is 2.26. The Morgan fingerprint density at radius 2 is 1.93 bits per heavy atom. The first-order chi connectivity index (χ1) is 14.0. The van der Waals surface area contributed by atoms with Crippen molar-refractivity contribution in [2.45, 2.75) is 18.9 Å². The number of nitrogens with one attached hydrogen (secondary N) is 1. The highest BCUT2D eigenvalue weighted by Crippen LogP contribution is 2.31. The Morgan fingerprint density at radius 3 is 2.66 bits per heavy atom. The second-order valence-electron chi connectivity index (χ2n) is 6.50. The summed E-state index contributed by atoms with van der Waals surface area (Å²) in [5, 5.41) is 2.76. The maximum absolute atomic E-state index is 13.2. The molecule has 0 aliphatic carbocycles. The summed E-state index contributed by atoms with van der Waals surface area (Å²) in [6.45, 7) is 0.0819. The number of fused-ring (bicyclic) bond motifs is 1. The lowest BCUT2D eigenvalue weighted by atomic mass is 10.0. The van der Waals surface area contributed by atoms with Crippen LogP contribution in [0.3, 0.4) is 0 Å². The van der Waals surface area contributed by atoms with Crippen LogP contribution in [0.4, 0.5) is 10.1 Å². The number of nitrogens with zero attached hydrogens (tertiary/aromatic N) is 1. The fourth-order valence-electron chi connectivity index (χ4n) is 3.08. The molecule has 0 aromatic heterocycles. The van der Waals surface area contributed by atoms with Crippen molar-refractivity contribution in [1.82, 2.24) is 5.32 Å². The largest absolute Gasteiger partial charge is 0.482 e. The fraction of sp³-hybridized carbons (Fsp3) is 0.286. The van der Waals surface area contributed by atoms with Crippen LogP contribution in [0, 0.1) is 5.82 Å². The molecule has 1 atom stereocenters. The van der Waals surface area contributed by atoms with Gasteiger partial charge in [-0.1, -0.05) is 24.3 Å². The number of methoxy groups -OCH3 is 1. The number of hydrogen-bond acceptors (Lipinski definition) is 5. The van der Waals surface area contributed by atoms with Gasteiger partial charge in [0, 0.05) is 13.0 Å². The fourth-order valence-corrected chi connectivity index (χ4v) is 3.08. The third kappa shape index (κ3) is 5.10. The van der Waals surface area contributed by atoms with E-state index in [1.807, 2.05) is 0 Å². The number of ether oxygens (including phenoxy) is 2.